The summed E-state index contributed by atoms with van der Waals surface area (Å²) in [5, 5.41) is 3.47. The van der Waals surface area contributed by atoms with E-state index in [0.717, 1.165) is 18.5 Å². The highest BCUT2D eigenvalue weighted by Gasteiger charge is 2.14. The third-order valence-corrected chi connectivity index (χ3v) is 2.69. The topological polar surface area (TPSA) is 12.0 Å². The van der Waals surface area contributed by atoms with Crippen LogP contribution in [0.15, 0.2) is 24.3 Å². The van der Waals surface area contributed by atoms with Crippen LogP contribution in [0.5, 0.6) is 0 Å². The van der Waals surface area contributed by atoms with Gasteiger partial charge in [-0.05, 0) is 50.8 Å². The Labute approximate surface area is 98.1 Å². The van der Waals surface area contributed by atoms with Crippen LogP contribution in [0.2, 0.25) is 0 Å². The van der Waals surface area contributed by atoms with Crippen LogP contribution in [0, 0.1) is 5.82 Å². The van der Waals surface area contributed by atoms with Crippen LogP contribution >= 0.6 is 0 Å². The van der Waals surface area contributed by atoms with E-state index >= 15 is 0 Å². The monoisotopic (exact) mass is 223 g/mol. The zero-order valence-corrected chi connectivity index (χ0v) is 10.7. The summed E-state index contributed by atoms with van der Waals surface area (Å²) in [4.78, 5) is 0. The number of nitrogens with one attached hydrogen (secondary N) is 1. The van der Waals surface area contributed by atoms with Crippen molar-refractivity contribution < 1.29 is 4.39 Å². The first kappa shape index (κ1) is 13.2. The Hall–Kier alpha value is -0.890. The molecule has 0 saturated carbocycles. The summed E-state index contributed by atoms with van der Waals surface area (Å²) in [6.45, 7) is 9.46. The van der Waals surface area contributed by atoms with E-state index in [1.807, 2.05) is 6.07 Å². The standard InChI is InChI=1S/C14H22FN/c1-5-11(10-16-14(2,3)4)12-7-6-8-13(15)9-12/h6-9,11,16H,5,10H2,1-4H3. The highest BCUT2D eigenvalue weighted by atomic mass is 19.1. The molecule has 90 valence electrons. The predicted molar refractivity (Wildman–Crippen MR) is 67.2 cm³/mol. The molecule has 0 saturated heterocycles. The first-order valence-electron chi connectivity index (χ1n) is 5.93. The lowest BCUT2D eigenvalue weighted by atomic mass is 9.95. The van der Waals surface area contributed by atoms with Crippen molar-refractivity contribution in [3.05, 3.63) is 35.6 Å². The van der Waals surface area contributed by atoms with Gasteiger partial charge in [0, 0.05) is 12.1 Å². The fraction of sp³-hybridized carbons (Fsp3) is 0.571. The molecule has 1 atom stereocenters. The average molecular weight is 223 g/mol. The van der Waals surface area contributed by atoms with Gasteiger partial charge in [0.2, 0.25) is 0 Å². The van der Waals surface area contributed by atoms with E-state index in [4.69, 9.17) is 0 Å². The normalized spacial score (nSPS) is 13.8. The minimum absolute atomic E-state index is 0.112. The van der Waals surface area contributed by atoms with E-state index in [9.17, 15) is 4.39 Å². The van der Waals surface area contributed by atoms with Gasteiger partial charge in [0.05, 0.1) is 0 Å². The maximum Gasteiger partial charge on any atom is 0.123 e. The van der Waals surface area contributed by atoms with Crippen LogP contribution < -0.4 is 5.32 Å². The molecule has 0 heterocycles. The van der Waals surface area contributed by atoms with Crippen LogP contribution in [0.25, 0.3) is 0 Å². The summed E-state index contributed by atoms with van der Waals surface area (Å²) in [6, 6.07) is 6.91. The van der Waals surface area contributed by atoms with Crippen LogP contribution in [-0.4, -0.2) is 12.1 Å². The highest BCUT2D eigenvalue weighted by molar-refractivity contribution is 5.21. The lowest BCUT2D eigenvalue weighted by Crippen LogP contribution is -2.38. The third kappa shape index (κ3) is 4.31. The molecule has 1 N–H and O–H groups in total. The van der Waals surface area contributed by atoms with Crippen LogP contribution in [0.3, 0.4) is 0 Å². The van der Waals surface area contributed by atoms with Crippen molar-refractivity contribution in [2.75, 3.05) is 6.54 Å². The maximum atomic E-state index is 13.1. The number of rotatable bonds is 4. The molecule has 1 nitrogen and oxygen atoms in total. The van der Waals surface area contributed by atoms with Gasteiger partial charge in [-0.15, -0.1) is 0 Å². The molecule has 0 fully saturated rings. The second-order valence-corrected chi connectivity index (χ2v) is 5.29. The van der Waals surface area contributed by atoms with Crippen molar-refractivity contribution in [1.82, 2.24) is 5.32 Å². The second-order valence-electron chi connectivity index (χ2n) is 5.29. The molecule has 0 aliphatic rings. The Morgan fingerprint density at radius 2 is 2.00 bits per heavy atom. The summed E-state index contributed by atoms with van der Waals surface area (Å²) >= 11 is 0. The molecule has 0 amide bonds. The van der Waals surface area contributed by atoms with Crippen molar-refractivity contribution in [3.63, 3.8) is 0 Å². The third-order valence-electron chi connectivity index (χ3n) is 2.69. The van der Waals surface area contributed by atoms with Gasteiger partial charge in [-0.2, -0.15) is 0 Å². The molecule has 16 heavy (non-hydrogen) atoms. The molecule has 2 heteroatoms. The largest absolute Gasteiger partial charge is 0.311 e. The van der Waals surface area contributed by atoms with E-state index in [-0.39, 0.29) is 11.4 Å². The Morgan fingerprint density at radius 1 is 1.31 bits per heavy atom. The van der Waals surface area contributed by atoms with Gasteiger partial charge in [-0.3, -0.25) is 0 Å². The first-order chi connectivity index (χ1) is 7.42. The van der Waals surface area contributed by atoms with Crippen molar-refractivity contribution in [1.29, 1.82) is 0 Å². The zero-order valence-electron chi connectivity index (χ0n) is 10.7. The van der Waals surface area contributed by atoms with Gasteiger partial charge in [0.1, 0.15) is 5.82 Å². The van der Waals surface area contributed by atoms with Crippen molar-refractivity contribution in [2.24, 2.45) is 0 Å². The Kier molecular flexibility index (Phi) is 4.48. The maximum absolute atomic E-state index is 13.1. The lowest BCUT2D eigenvalue weighted by molar-refractivity contribution is 0.402. The van der Waals surface area contributed by atoms with Gasteiger partial charge in [0.15, 0.2) is 0 Å². The van der Waals surface area contributed by atoms with Crippen LogP contribution in [0.1, 0.15) is 45.6 Å². The summed E-state index contributed by atoms with van der Waals surface area (Å²) in [7, 11) is 0. The van der Waals surface area contributed by atoms with E-state index in [1.165, 1.54) is 6.07 Å². The number of halogens is 1. The molecule has 1 unspecified atom stereocenters. The Balaban J connectivity index is 2.68. The Morgan fingerprint density at radius 3 is 2.50 bits per heavy atom. The summed E-state index contributed by atoms with van der Waals surface area (Å²) in [5.41, 5.74) is 1.19. The molecule has 0 aliphatic carbocycles. The minimum Gasteiger partial charge on any atom is -0.311 e. The van der Waals surface area contributed by atoms with Gasteiger partial charge >= 0.3 is 0 Å². The fourth-order valence-electron chi connectivity index (χ4n) is 1.69. The zero-order chi connectivity index (χ0) is 12.2. The molecule has 1 aromatic rings. The molecular weight excluding hydrogens is 201 g/mol. The minimum atomic E-state index is -0.147. The van der Waals surface area contributed by atoms with Crippen LogP contribution in [0.4, 0.5) is 4.39 Å². The lowest BCUT2D eigenvalue weighted by Gasteiger charge is -2.25. The molecular formula is C14H22FN. The summed E-state index contributed by atoms with van der Waals surface area (Å²) in [6.07, 6.45) is 1.02. The number of hydrogen-bond donors (Lipinski definition) is 1. The van der Waals surface area contributed by atoms with Crippen LogP contribution in [-0.2, 0) is 0 Å². The van der Waals surface area contributed by atoms with Gasteiger partial charge in [-0.1, -0.05) is 19.1 Å². The van der Waals surface area contributed by atoms with Crippen molar-refractivity contribution >= 4 is 0 Å². The second kappa shape index (κ2) is 5.44. The Bertz CT molecular complexity index is 328. The first-order valence-corrected chi connectivity index (χ1v) is 5.93. The van der Waals surface area contributed by atoms with Crippen molar-refractivity contribution in [3.8, 4) is 0 Å². The quantitative estimate of drug-likeness (QED) is 0.820. The molecule has 0 radical (unpaired) electrons. The SMILES string of the molecule is CCC(CNC(C)(C)C)c1cccc(F)c1. The fourth-order valence-corrected chi connectivity index (χ4v) is 1.69. The molecule has 1 rings (SSSR count). The van der Waals surface area contributed by atoms with E-state index < -0.39 is 0 Å². The molecule has 1 aromatic carbocycles. The molecule has 0 spiro atoms. The molecule has 0 bridgehead atoms. The molecule has 0 aliphatic heterocycles. The number of hydrogen-bond acceptors (Lipinski definition) is 1. The predicted octanol–water partition coefficient (Wildman–Crippen LogP) is 3.71. The summed E-state index contributed by atoms with van der Waals surface area (Å²) < 4.78 is 13.1. The van der Waals surface area contributed by atoms with E-state index in [2.05, 4.69) is 33.0 Å². The van der Waals surface area contributed by atoms with Crippen molar-refractivity contribution in [2.45, 2.75) is 45.6 Å². The van der Waals surface area contributed by atoms with E-state index in [1.54, 1.807) is 12.1 Å². The molecule has 0 aromatic heterocycles. The highest BCUT2D eigenvalue weighted by Crippen LogP contribution is 2.20. The summed E-state index contributed by atoms with van der Waals surface area (Å²) in [5.74, 6) is 0.238. The van der Waals surface area contributed by atoms with Gasteiger partial charge in [0.25, 0.3) is 0 Å². The smallest absolute Gasteiger partial charge is 0.123 e. The van der Waals surface area contributed by atoms with Gasteiger partial charge in [-0.25, -0.2) is 4.39 Å². The number of benzene rings is 1. The average Bonchev–Trinajstić information content (AvgIpc) is 2.17. The van der Waals surface area contributed by atoms with E-state index in [0.29, 0.717) is 5.92 Å². The van der Waals surface area contributed by atoms with Gasteiger partial charge < -0.3 is 5.32 Å².